The Balaban J connectivity index is 2.80. The molecule has 6 heteroatoms. The Hall–Kier alpha value is -1.33. The van der Waals surface area contributed by atoms with Crippen molar-refractivity contribution in [3.63, 3.8) is 0 Å². The lowest BCUT2D eigenvalue weighted by Crippen LogP contribution is -2.54. The number of alkyl carbamates (subject to hydrolysis) is 1. The largest absolute Gasteiger partial charge is 0.444 e. The second-order valence-electron chi connectivity index (χ2n) is 6.99. The first-order valence-electron chi connectivity index (χ1n) is 8.05. The number of nitrogens with zero attached hydrogens (tertiary/aromatic N) is 1. The highest BCUT2D eigenvalue weighted by Gasteiger charge is 2.36. The van der Waals surface area contributed by atoms with Crippen molar-refractivity contribution in [3.05, 3.63) is 0 Å². The third-order valence-electron chi connectivity index (χ3n) is 3.99. The smallest absolute Gasteiger partial charge is 0.408 e. The van der Waals surface area contributed by atoms with E-state index in [-0.39, 0.29) is 17.9 Å². The van der Waals surface area contributed by atoms with Crippen LogP contribution in [-0.4, -0.2) is 47.8 Å². The van der Waals surface area contributed by atoms with Gasteiger partial charge < -0.3 is 15.0 Å². The maximum absolute atomic E-state index is 13.0. The van der Waals surface area contributed by atoms with Crippen LogP contribution in [0.4, 0.5) is 9.18 Å². The zero-order chi connectivity index (χ0) is 16.9. The van der Waals surface area contributed by atoms with Crippen LogP contribution < -0.4 is 5.32 Å². The van der Waals surface area contributed by atoms with E-state index in [4.69, 9.17) is 4.74 Å². The molecule has 1 heterocycles. The molecule has 0 aliphatic carbocycles. The Morgan fingerprint density at radius 3 is 2.55 bits per heavy atom. The Morgan fingerprint density at radius 1 is 1.41 bits per heavy atom. The molecule has 1 fully saturated rings. The number of hydrogen-bond donors (Lipinski definition) is 1. The lowest BCUT2D eigenvalue weighted by molar-refractivity contribution is -0.135. The fourth-order valence-electron chi connectivity index (χ4n) is 2.58. The van der Waals surface area contributed by atoms with Gasteiger partial charge in [0.25, 0.3) is 0 Å². The highest BCUT2D eigenvalue weighted by atomic mass is 19.1. The van der Waals surface area contributed by atoms with E-state index in [1.165, 1.54) is 0 Å². The highest BCUT2D eigenvalue weighted by molar-refractivity contribution is 5.86. The van der Waals surface area contributed by atoms with Crippen molar-refractivity contribution in [2.75, 3.05) is 13.2 Å². The minimum Gasteiger partial charge on any atom is -0.444 e. The van der Waals surface area contributed by atoms with Crippen molar-refractivity contribution in [1.82, 2.24) is 10.2 Å². The van der Waals surface area contributed by atoms with Crippen LogP contribution in [0.15, 0.2) is 0 Å². The lowest BCUT2D eigenvalue weighted by atomic mass is 9.97. The van der Waals surface area contributed by atoms with Crippen molar-refractivity contribution in [2.45, 2.75) is 71.6 Å². The molecule has 0 unspecified atom stereocenters. The maximum Gasteiger partial charge on any atom is 0.408 e. The summed E-state index contributed by atoms with van der Waals surface area (Å²) in [4.78, 5) is 26.3. The van der Waals surface area contributed by atoms with E-state index in [9.17, 15) is 14.0 Å². The predicted octanol–water partition coefficient (Wildman–Crippen LogP) is 2.89. The number of amides is 2. The number of ether oxygens (including phenoxy) is 1. The molecule has 0 saturated carbocycles. The molecule has 0 aromatic heterocycles. The van der Waals surface area contributed by atoms with Gasteiger partial charge in [-0.05, 0) is 39.5 Å². The van der Waals surface area contributed by atoms with Crippen LogP contribution in [0.25, 0.3) is 0 Å². The minimum atomic E-state index is -0.674. The standard InChI is InChI=1S/C16H29FN2O3/c1-6-11(2)13(18-15(21)22-16(3,4)5)14(20)19-9-7-8-12(19)10-17/h11-13H,6-10H2,1-5H3,(H,18,21)/t11-,12-,13-/m0/s1. The lowest BCUT2D eigenvalue weighted by Gasteiger charge is -2.31. The van der Waals surface area contributed by atoms with Gasteiger partial charge >= 0.3 is 6.09 Å². The quantitative estimate of drug-likeness (QED) is 0.848. The third kappa shape index (κ3) is 5.14. The highest BCUT2D eigenvalue weighted by Crippen LogP contribution is 2.21. The van der Waals surface area contributed by atoms with Gasteiger partial charge in [-0.25, -0.2) is 9.18 Å². The minimum absolute atomic E-state index is 0.0409. The number of nitrogens with one attached hydrogen (secondary N) is 1. The van der Waals surface area contributed by atoms with E-state index < -0.39 is 24.4 Å². The zero-order valence-corrected chi connectivity index (χ0v) is 14.3. The monoisotopic (exact) mass is 316 g/mol. The van der Waals surface area contributed by atoms with Gasteiger partial charge in [0, 0.05) is 6.54 Å². The Bertz CT molecular complexity index is 395. The molecule has 22 heavy (non-hydrogen) atoms. The molecule has 0 aromatic rings. The molecule has 1 aliphatic heterocycles. The van der Waals surface area contributed by atoms with Gasteiger partial charge in [-0.3, -0.25) is 4.79 Å². The number of rotatable bonds is 5. The number of carbonyl (C=O) groups excluding carboxylic acids is 2. The summed E-state index contributed by atoms with van der Waals surface area (Å²) in [6, 6.07) is -1.04. The van der Waals surface area contributed by atoms with Crippen LogP contribution in [-0.2, 0) is 9.53 Å². The summed E-state index contributed by atoms with van der Waals surface area (Å²) in [7, 11) is 0. The summed E-state index contributed by atoms with van der Waals surface area (Å²) in [5.41, 5.74) is -0.623. The van der Waals surface area contributed by atoms with E-state index in [1.807, 2.05) is 13.8 Å². The number of likely N-dealkylation sites (tertiary alicyclic amines) is 1. The van der Waals surface area contributed by atoms with Gasteiger partial charge in [0.2, 0.25) is 5.91 Å². The van der Waals surface area contributed by atoms with Gasteiger partial charge in [-0.1, -0.05) is 20.3 Å². The van der Waals surface area contributed by atoms with Crippen LogP contribution in [0, 0.1) is 5.92 Å². The van der Waals surface area contributed by atoms with Crippen molar-refractivity contribution in [1.29, 1.82) is 0 Å². The molecule has 0 radical (unpaired) electrons. The number of halogens is 1. The van der Waals surface area contributed by atoms with Crippen molar-refractivity contribution in [2.24, 2.45) is 5.92 Å². The van der Waals surface area contributed by atoms with E-state index in [0.29, 0.717) is 13.0 Å². The molecule has 1 aliphatic rings. The number of carbonyl (C=O) groups is 2. The van der Waals surface area contributed by atoms with Crippen molar-refractivity contribution < 1.29 is 18.7 Å². The second kappa shape index (κ2) is 7.79. The van der Waals surface area contributed by atoms with Gasteiger partial charge in [-0.2, -0.15) is 0 Å². The Morgan fingerprint density at radius 2 is 2.05 bits per heavy atom. The maximum atomic E-state index is 13.0. The Labute approximate surface area is 132 Å². The molecule has 0 spiro atoms. The van der Waals surface area contributed by atoms with Gasteiger partial charge in [0.15, 0.2) is 0 Å². The average molecular weight is 316 g/mol. The van der Waals surface area contributed by atoms with Crippen LogP contribution in [0.1, 0.15) is 53.9 Å². The van der Waals surface area contributed by atoms with Crippen molar-refractivity contribution >= 4 is 12.0 Å². The molecule has 3 atom stereocenters. The molecule has 1 saturated heterocycles. The van der Waals surface area contributed by atoms with Gasteiger partial charge in [-0.15, -0.1) is 0 Å². The van der Waals surface area contributed by atoms with E-state index >= 15 is 0 Å². The first kappa shape index (κ1) is 18.7. The molecule has 1 rings (SSSR count). The molecule has 128 valence electrons. The summed E-state index contributed by atoms with van der Waals surface area (Å²) in [5.74, 6) is -0.249. The van der Waals surface area contributed by atoms with Crippen molar-refractivity contribution in [3.8, 4) is 0 Å². The first-order valence-corrected chi connectivity index (χ1v) is 8.05. The topological polar surface area (TPSA) is 58.6 Å². The molecular formula is C16H29FN2O3. The number of hydrogen-bond acceptors (Lipinski definition) is 3. The summed E-state index contributed by atoms with van der Waals surface area (Å²) in [5, 5.41) is 2.67. The molecule has 1 N–H and O–H groups in total. The van der Waals surface area contributed by atoms with Crippen LogP contribution >= 0.6 is 0 Å². The molecule has 2 amide bonds. The normalized spacial score (nSPS) is 21.4. The third-order valence-corrected chi connectivity index (χ3v) is 3.99. The van der Waals surface area contributed by atoms with Crippen LogP contribution in [0.5, 0.6) is 0 Å². The van der Waals surface area contributed by atoms with E-state index in [0.717, 1.165) is 12.8 Å². The fraction of sp³-hybridized carbons (Fsp3) is 0.875. The summed E-state index contributed by atoms with van der Waals surface area (Å²) in [6.07, 6.45) is 1.62. The summed E-state index contributed by atoms with van der Waals surface area (Å²) < 4.78 is 18.3. The van der Waals surface area contributed by atoms with E-state index in [2.05, 4.69) is 5.32 Å². The number of alkyl halides is 1. The first-order chi connectivity index (χ1) is 10.2. The predicted molar refractivity (Wildman–Crippen MR) is 83.3 cm³/mol. The molecule has 5 nitrogen and oxygen atoms in total. The summed E-state index contributed by atoms with van der Waals surface area (Å²) in [6.45, 7) is 9.19. The van der Waals surface area contributed by atoms with Gasteiger partial charge in [0.1, 0.15) is 18.3 Å². The molecular weight excluding hydrogens is 287 g/mol. The molecule has 0 bridgehead atoms. The SMILES string of the molecule is CC[C@H](C)[C@H](NC(=O)OC(C)(C)C)C(=O)N1CCC[C@H]1CF. The summed E-state index contributed by atoms with van der Waals surface area (Å²) >= 11 is 0. The average Bonchev–Trinajstić information content (AvgIpc) is 2.89. The molecule has 0 aromatic carbocycles. The second-order valence-corrected chi connectivity index (χ2v) is 6.99. The van der Waals surface area contributed by atoms with E-state index in [1.54, 1.807) is 25.7 Å². The zero-order valence-electron chi connectivity index (χ0n) is 14.3. The van der Waals surface area contributed by atoms with Crippen LogP contribution in [0.2, 0.25) is 0 Å². The fourth-order valence-corrected chi connectivity index (χ4v) is 2.58. The van der Waals surface area contributed by atoms with Gasteiger partial charge in [0.05, 0.1) is 6.04 Å². The Kier molecular flexibility index (Phi) is 6.63. The van der Waals surface area contributed by atoms with Crippen LogP contribution in [0.3, 0.4) is 0 Å².